The van der Waals surface area contributed by atoms with Crippen molar-refractivity contribution < 1.29 is 5.21 Å². The normalized spacial score (nSPS) is 11.4. The number of halogens is 1. The summed E-state index contributed by atoms with van der Waals surface area (Å²) in [6, 6.07) is 5.26. The molecule has 0 fully saturated rings. The van der Waals surface area contributed by atoms with E-state index in [2.05, 4.69) is 17.1 Å². The van der Waals surface area contributed by atoms with Crippen LogP contribution in [-0.4, -0.2) is 17.6 Å². The summed E-state index contributed by atoms with van der Waals surface area (Å²) in [5.74, 6) is 0.0486. The Kier molecular flexibility index (Phi) is 4.82. The lowest BCUT2D eigenvalue weighted by atomic mass is 10.1. The second-order valence-corrected chi connectivity index (χ2v) is 3.62. The minimum absolute atomic E-state index is 0.0486. The van der Waals surface area contributed by atoms with E-state index in [0.717, 1.165) is 12.1 Å². The van der Waals surface area contributed by atoms with Crippen molar-refractivity contribution in [2.75, 3.05) is 6.54 Å². The molecule has 86 valence electrons. The molecule has 0 saturated heterocycles. The Morgan fingerprint density at radius 3 is 2.94 bits per heavy atom. The first-order valence-corrected chi connectivity index (χ1v) is 5.14. The lowest BCUT2D eigenvalue weighted by Gasteiger charge is -2.06. The van der Waals surface area contributed by atoms with Crippen LogP contribution in [0.2, 0.25) is 5.02 Å². The number of oxime groups is 1. The zero-order valence-corrected chi connectivity index (χ0v) is 9.54. The summed E-state index contributed by atoms with van der Waals surface area (Å²) >= 11 is 6.05. The van der Waals surface area contributed by atoms with E-state index in [4.69, 9.17) is 22.5 Å². The van der Waals surface area contributed by atoms with Gasteiger partial charge in [0, 0.05) is 23.7 Å². The zero-order chi connectivity index (χ0) is 12.0. The van der Waals surface area contributed by atoms with Crippen molar-refractivity contribution in [1.29, 1.82) is 0 Å². The van der Waals surface area contributed by atoms with Crippen molar-refractivity contribution in [3.63, 3.8) is 0 Å². The molecule has 16 heavy (non-hydrogen) atoms. The molecule has 0 aliphatic heterocycles. The maximum Gasteiger partial charge on any atom is 0.170 e. The van der Waals surface area contributed by atoms with E-state index in [0.29, 0.717) is 17.1 Å². The molecular formula is C11H14ClN3O. The van der Waals surface area contributed by atoms with Crippen LogP contribution in [0.1, 0.15) is 11.1 Å². The number of nitrogens with zero attached hydrogens (tertiary/aromatic N) is 1. The summed E-state index contributed by atoms with van der Waals surface area (Å²) in [5.41, 5.74) is 7.00. The molecule has 0 heterocycles. The van der Waals surface area contributed by atoms with Gasteiger partial charge in [-0.25, -0.2) is 0 Å². The van der Waals surface area contributed by atoms with Gasteiger partial charge in [-0.1, -0.05) is 35.0 Å². The number of amidine groups is 1. The van der Waals surface area contributed by atoms with Crippen LogP contribution in [-0.2, 0) is 6.54 Å². The second kappa shape index (κ2) is 6.15. The van der Waals surface area contributed by atoms with Gasteiger partial charge in [-0.3, -0.25) is 0 Å². The molecule has 0 amide bonds. The third kappa shape index (κ3) is 3.25. The lowest BCUT2D eigenvalue weighted by molar-refractivity contribution is 0.318. The van der Waals surface area contributed by atoms with Crippen molar-refractivity contribution in [2.24, 2.45) is 10.9 Å². The van der Waals surface area contributed by atoms with Crippen LogP contribution < -0.4 is 11.1 Å². The number of hydrogen-bond donors (Lipinski definition) is 3. The second-order valence-electron chi connectivity index (χ2n) is 3.21. The highest BCUT2D eigenvalue weighted by Crippen LogP contribution is 2.17. The highest BCUT2D eigenvalue weighted by Gasteiger charge is 2.04. The molecule has 0 bridgehead atoms. The van der Waals surface area contributed by atoms with Gasteiger partial charge in [0.2, 0.25) is 0 Å². The van der Waals surface area contributed by atoms with Gasteiger partial charge in [0.25, 0.3) is 0 Å². The largest absolute Gasteiger partial charge is 0.409 e. The fourth-order valence-electron chi connectivity index (χ4n) is 1.22. The molecule has 1 aromatic rings. The standard InChI is InChI=1S/C11H14ClN3O/c1-2-5-14-7-9-4-3-8(6-10(9)12)11(13)15-16/h2-4,6,14,16H,1,5,7H2,(H2,13,15). The molecule has 4 nitrogen and oxygen atoms in total. The maximum absolute atomic E-state index is 8.52. The predicted octanol–water partition coefficient (Wildman–Crippen LogP) is 1.71. The number of hydrogen-bond acceptors (Lipinski definition) is 3. The summed E-state index contributed by atoms with van der Waals surface area (Å²) in [6.45, 7) is 4.98. The first kappa shape index (κ1) is 12.5. The monoisotopic (exact) mass is 239 g/mol. The van der Waals surface area contributed by atoms with Gasteiger partial charge in [-0.15, -0.1) is 6.58 Å². The van der Waals surface area contributed by atoms with Crippen LogP contribution in [0.4, 0.5) is 0 Å². The smallest absolute Gasteiger partial charge is 0.170 e. The molecule has 0 aliphatic rings. The number of rotatable bonds is 5. The van der Waals surface area contributed by atoms with Gasteiger partial charge >= 0.3 is 0 Å². The third-order valence-corrected chi connectivity index (χ3v) is 2.41. The van der Waals surface area contributed by atoms with Gasteiger partial charge < -0.3 is 16.3 Å². The Morgan fingerprint density at radius 2 is 2.38 bits per heavy atom. The fourth-order valence-corrected chi connectivity index (χ4v) is 1.46. The van der Waals surface area contributed by atoms with E-state index in [1.165, 1.54) is 0 Å². The molecule has 1 aromatic carbocycles. The molecular weight excluding hydrogens is 226 g/mol. The molecule has 0 spiro atoms. The Morgan fingerprint density at radius 1 is 1.62 bits per heavy atom. The van der Waals surface area contributed by atoms with Crippen molar-refractivity contribution in [1.82, 2.24) is 5.32 Å². The van der Waals surface area contributed by atoms with Crippen LogP contribution in [0.25, 0.3) is 0 Å². The highest BCUT2D eigenvalue weighted by molar-refractivity contribution is 6.31. The van der Waals surface area contributed by atoms with E-state index in [1.807, 2.05) is 6.07 Å². The first-order chi connectivity index (χ1) is 7.69. The first-order valence-electron chi connectivity index (χ1n) is 4.77. The van der Waals surface area contributed by atoms with E-state index < -0.39 is 0 Å². The van der Waals surface area contributed by atoms with Crippen LogP contribution >= 0.6 is 11.6 Å². The average molecular weight is 240 g/mol. The Bertz CT molecular complexity index is 404. The minimum Gasteiger partial charge on any atom is -0.409 e. The highest BCUT2D eigenvalue weighted by atomic mass is 35.5. The molecule has 0 saturated carbocycles. The van der Waals surface area contributed by atoms with E-state index in [9.17, 15) is 0 Å². The molecule has 0 aromatic heterocycles. The number of benzene rings is 1. The van der Waals surface area contributed by atoms with E-state index in [1.54, 1.807) is 18.2 Å². The Hall–Kier alpha value is -1.52. The summed E-state index contributed by atoms with van der Waals surface area (Å²) in [5, 5.41) is 15.2. The summed E-state index contributed by atoms with van der Waals surface area (Å²) < 4.78 is 0. The predicted molar refractivity (Wildman–Crippen MR) is 65.9 cm³/mol. The summed E-state index contributed by atoms with van der Waals surface area (Å²) in [6.07, 6.45) is 1.78. The summed E-state index contributed by atoms with van der Waals surface area (Å²) in [4.78, 5) is 0. The van der Waals surface area contributed by atoms with Crippen LogP contribution in [0.15, 0.2) is 36.0 Å². The van der Waals surface area contributed by atoms with Crippen molar-refractivity contribution >= 4 is 17.4 Å². The average Bonchev–Trinajstić information content (AvgIpc) is 2.30. The Balaban J connectivity index is 2.79. The molecule has 1 rings (SSSR count). The molecule has 0 aliphatic carbocycles. The summed E-state index contributed by atoms with van der Waals surface area (Å²) in [7, 11) is 0. The third-order valence-electron chi connectivity index (χ3n) is 2.06. The molecule has 0 unspecified atom stereocenters. The van der Waals surface area contributed by atoms with Crippen LogP contribution in [0.5, 0.6) is 0 Å². The van der Waals surface area contributed by atoms with Crippen molar-refractivity contribution in [3.05, 3.63) is 47.0 Å². The van der Waals surface area contributed by atoms with Gasteiger partial charge in [0.05, 0.1) is 0 Å². The topological polar surface area (TPSA) is 70.6 Å². The van der Waals surface area contributed by atoms with Gasteiger partial charge in [0.15, 0.2) is 5.84 Å². The quantitative estimate of drug-likeness (QED) is 0.183. The number of nitrogens with one attached hydrogen (secondary N) is 1. The lowest BCUT2D eigenvalue weighted by Crippen LogP contribution is -2.15. The molecule has 5 heteroatoms. The molecule has 4 N–H and O–H groups in total. The van der Waals surface area contributed by atoms with E-state index in [-0.39, 0.29) is 5.84 Å². The van der Waals surface area contributed by atoms with Gasteiger partial charge in [0.1, 0.15) is 0 Å². The number of nitrogens with two attached hydrogens (primary N) is 1. The molecule has 0 radical (unpaired) electrons. The van der Waals surface area contributed by atoms with Crippen LogP contribution in [0.3, 0.4) is 0 Å². The van der Waals surface area contributed by atoms with Crippen LogP contribution in [0, 0.1) is 0 Å². The van der Waals surface area contributed by atoms with Gasteiger partial charge in [-0.2, -0.15) is 0 Å². The van der Waals surface area contributed by atoms with Crippen molar-refractivity contribution in [3.8, 4) is 0 Å². The fraction of sp³-hybridized carbons (Fsp3) is 0.182. The van der Waals surface area contributed by atoms with Crippen molar-refractivity contribution in [2.45, 2.75) is 6.54 Å². The minimum atomic E-state index is 0.0486. The zero-order valence-electron chi connectivity index (χ0n) is 8.78. The van der Waals surface area contributed by atoms with Gasteiger partial charge in [-0.05, 0) is 11.6 Å². The Labute approximate surface area is 99.4 Å². The van der Waals surface area contributed by atoms with E-state index >= 15 is 0 Å². The molecule has 0 atom stereocenters. The maximum atomic E-state index is 8.52. The SMILES string of the molecule is C=CCNCc1ccc(/C(N)=N\O)cc1Cl.